The predicted molar refractivity (Wildman–Crippen MR) is 83.9 cm³/mol. The Bertz CT molecular complexity index is 749. The van der Waals surface area contributed by atoms with Crippen LogP contribution in [0.15, 0.2) is 41.1 Å². The maximum Gasteiger partial charge on any atom is 0.238 e. The van der Waals surface area contributed by atoms with Gasteiger partial charge in [0.1, 0.15) is 6.04 Å². The molecule has 0 aliphatic carbocycles. The van der Waals surface area contributed by atoms with E-state index in [1.54, 1.807) is 13.1 Å². The second-order valence-corrected chi connectivity index (χ2v) is 5.51. The lowest BCUT2D eigenvalue weighted by atomic mass is 10.2. The zero-order valence-corrected chi connectivity index (χ0v) is 13.1. The van der Waals surface area contributed by atoms with Crippen LogP contribution in [0.1, 0.15) is 30.3 Å². The van der Waals surface area contributed by atoms with Gasteiger partial charge in [-0.1, -0.05) is 23.7 Å². The molecule has 0 amide bonds. The zero-order valence-electron chi connectivity index (χ0n) is 12.3. The molecule has 1 atom stereocenters. The third-order valence-electron chi connectivity index (χ3n) is 3.19. The zero-order chi connectivity index (χ0) is 15.5. The van der Waals surface area contributed by atoms with Crippen LogP contribution in [0.25, 0.3) is 0 Å². The van der Waals surface area contributed by atoms with Crippen molar-refractivity contribution in [1.82, 2.24) is 20.0 Å². The van der Waals surface area contributed by atoms with Crippen LogP contribution in [0.4, 0.5) is 5.69 Å². The van der Waals surface area contributed by atoms with Crippen molar-refractivity contribution in [2.45, 2.75) is 26.4 Å². The number of anilines is 1. The Balaban J connectivity index is 1.64. The minimum Gasteiger partial charge on any atom is -0.423 e. The Morgan fingerprint density at radius 3 is 2.73 bits per heavy atom. The van der Waals surface area contributed by atoms with Gasteiger partial charge in [0.2, 0.25) is 11.8 Å². The quantitative estimate of drug-likeness (QED) is 0.780. The molecule has 0 saturated carbocycles. The molecule has 7 heteroatoms. The molecule has 0 spiro atoms. The monoisotopic (exact) mass is 317 g/mol. The summed E-state index contributed by atoms with van der Waals surface area (Å²) in [7, 11) is 0. The molecular weight excluding hydrogens is 302 g/mol. The number of rotatable bonds is 5. The number of aromatic nitrogens is 4. The van der Waals surface area contributed by atoms with E-state index in [1.165, 1.54) is 0 Å². The molecule has 0 saturated heterocycles. The SMILES string of the molecule is Cc1nnc([C@@H](C)Nc2cnn(Cc3ccc(Cl)cc3)c2)o1. The van der Waals surface area contributed by atoms with Gasteiger partial charge < -0.3 is 9.73 Å². The Labute approximate surface area is 133 Å². The van der Waals surface area contributed by atoms with Crippen molar-refractivity contribution in [3.63, 3.8) is 0 Å². The lowest BCUT2D eigenvalue weighted by Crippen LogP contribution is -2.06. The molecule has 1 N–H and O–H groups in total. The van der Waals surface area contributed by atoms with Crippen molar-refractivity contribution in [1.29, 1.82) is 0 Å². The third-order valence-corrected chi connectivity index (χ3v) is 3.44. The van der Waals surface area contributed by atoms with Crippen molar-refractivity contribution < 1.29 is 4.42 Å². The number of halogens is 1. The van der Waals surface area contributed by atoms with Gasteiger partial charge in [-0.3, -0.25) is 4.68 Å². The van der Waals surface area contributed by atoms with E-state index in [2.05, 4.69) is 20.6 Å². The molecular formula is C15H16ClN5O. The van der Waals surface area contributed by atoms with E-state index in [1.807, 2.05) is 42.1 Å². The Kier molecular flexibility index (Phi) is 4.11. The van der Waals surface area contributed by atoms with Crippen LogP contribution in [0.2, 0.25) is 5.02 Å². The van der Waals surface area contributed by atoms with Gasteiger partial charge in [0.05, 0.1) is 18.4 Å². The molecule has 2 heterocycles. The van der Waals surface area contributed by atoms with Gasteiger partial charge in [-0.05, 0) is 24.6 Å². The minimum absolute atomic E-state index is 0.0746. The Hall–Kier alpha value is -2.34. The summed E-state index contributed by atoms with van der Waals surface area (Å²) in [6.07, 6.45) is 3.71. The molecule has 0 radical (unpaired) electrons. The third kappa shape index (κ3) is 3.46. The first kappa shape index (κ1) is 14.6. The standard InChI is InChI=1S/C15H16ClN5O/c1-10(15-20-19-11(2)22-15)18-14-7-17-21(9-14)8-12-3-5-13(16)6-4-12/h3-7,9-10,18H,8H2,1-2H3/t10-/m1/s1. The van der Waals surface area contributed by atoms with Crippen molar-refractivity contribution in [2.75, 3.05) is 5.32 Å². The largest absolute Gasteiger partial charge is 0.423 e. The van der Waals surface area contributed by atoms with Gasteiger partial charge in [0.15, 0.2) is 0 Å². The van der Waals surface area contributed by atoms with Crippen LogP contribution >= 0.6 is 11.6 Å². The maximum absolute atomic E-state index is 5.88. The number of benzene rings is 1. The molecule has 2 aromatic heterocycles. The van der Waals surface area contributed by atoms with E-state index in [4.69, 9.17) is 16.0 Å². The summed E-state index contributed by atoms with van der Waals surface area (Å²) >= 11 is 5.88. The number of hydrogen-bond donors (Lipinski definition) is 1. The summed E-state index contributed by atoms with van der Waals surface area (Å²) in [6.45, 7) is 4.42. The summed E-state index contributed by atoms with van der Waals surface area (Å²) in [5.41, 5.74) is 2.04. The van der Waals surface area contributed by atoms with Gasteiger partial charge in [0.25, 0.3) is 0 Å². The van der Waals surface area contributed by atoms with Crippen molar-refractivity contribution >= 4 is 17.3 Å². The fourth-order valence-corrected chi connectivity index (χ4v) is 2.23. The van der Waals surface area contributed by atoms with E-state index in [9.17, 15) is 0 Å². The molecule has 0 unspecified atom stereocenters. The van der Waals surface area contributed by atoms with Crippen LogP contribution in [-0.2, 0) is 6.54 Å². The van der Waals surface area contributed by atoms with Crippen LogP contribution in [0.3, 0.4) is 0 Å². The van der Waals surface area contributed by atoms with E-state index >= 15 is 0 Å². The lowest BCUT2D eigenvalue weighted by molar-refractivity contribution is 0.451. The topological polar surface area (TPSA) is 68.8 Å². The van der Waals surface area contributed by atoms with E-state index in [-0.39, 0.29) is 6.04 Å². The van der Waals surface area contributed by atoms with Gasteiger partial charge in [-0.15, -0.1) is 10.2 Å². The average molecular weight is 318 g/mol. The van der Waals surface area contributed by atoms with E-state index < -0.39 is 0 Å². The highest BCUT2D eigenvalue weighted by Gasteiger charge is 2.13. The van der Waals surface area contributed by atoms with Crippen molar-refractivity contribution in [3.8, 4) is 0 Å². The Morgan fingerprint density at radius 2 is 2.05 bits per heavy atom. The number of nitrogens with zero attached hydrogens (tertiary/aromatic N) is 4. The smallest absolute Gasteiger partial charge is 0.238 e. The molecule has 1 aromatic carbocycles. The van der Waals surface area contributed by atoms with E-state index in [0.29, 0.717) is 18.3 Å². The highest BCUT2D eigenvalue weighted by atomic mass is 35.5. The summed E-state index contributed by atoms with van der Waals surface area (Å²) in [6, 6.07) is 7.65. The molecule has 3 aromatic rings. The first-order valence-electron chi connectivity index (χ1n) is 6.93. The predicted octanol–water partition coefficient (Wildman–Crippen LogP) is 3.45. The molecule has 0 bridgehead atoms. The van der Waals surface area contributed by atoms with Gasteiger partial charge in [-0.2, -0.15) is 5.10 Å². The first-order valence-corrected chi connectivity index (χ1v) is 7.31. The van der Waals surface area contributed by atoms with Crippen LogP contribution in [-0.4, -0.2) is 20.0 Å². The maximum atomic E-state index is 5.88. The molecule has 3 rings (SSSR count). The van der Waals surface area contributed by atoms with Crippen LogP contribution in [0, 0.1) is 6.92 Å². The normalized spacial score (nSPS) is 12.3. The summed E-state index contributed by atoms with van der Waals surface area (Å²) in [5.74, 6) is 1.12. The average Bonchev–Trinajstić information content (AvgIpc) is 3.11. The number of nitrogens with one attached hydrogen (secondary N) is 1. The van der Waals surface area contributed by atoms with Crippen LogP contribution < -0.4 is 5.32 Å². The highest BCUT2D eigenvalue weighted by molar-refractivity contribution is 6.30. The van der Waals surface area contributed by atoms with E-state index in [0.717, 1.165) is 16.3 Å². The fourth-order valence-electron chi connectivity index (χ4n) is 2.10. The minimum atomic E-state index is -0.0746. The summed E-state index contributed by atoms with van der Waals surface area (Å²) in [4.78, 5) is 0. The lowest BCUT2D eigenvalue weighted by Gasteiger charge is -2.08. The van der Waals surface area contributed by atoms with Gasteiger partial charge in [-0.25, -0.2) is 0 Å². The van der Waals surface area contributed by atoms with Crippen LogP contribution in [0.5, 0.6) is 0 Å². The molecule has 0 aliphatic rings. The number of hydrogen-bond acceptors (Lipinski definition) is 5. The second kappa shape index (κ2) is 6.19. The summed E-state index contributed by atoms with van der Waals surface area (Å²) < 4.78 is 7.27. The molecule has 114 valence electrons. The van der Waals surface area contributed by atoms with Gasteiger partial charge >= 0.3 is 0 Å². The van der Waals surface area contributed by atoms with Gasteiger partial charge in [0, 0.05) is 18.1 Å². The van der Waals surface area contributed by atoms with Crippen molar-refractivity contribution in [3.05, 3.63) is 59.0 Å². The fraction of sp³-hybridized carbons (Fsp3) is 0.267. The second-order valence-electron chi connectivity index (χ2n) is 5.08. The highest BCUT2D eigenvalue weighted by Crippen LogP contribution is 2.18. The first-order chi connectivity index (χ1) is 10.6. The summed E-state index contributed by atoms with van der Waals surface area (Å²) in [5, 5.41) is 16.2. The molecule has 0 fully saturated rings. The molecule has 0 aliphatic heterocycles. The molecule has 22 heavy (non-hydrogen) atoms. The number of aryl methyl sites for hydroxylation is 1. The Morgan fingerprint density at radius 1 is 1.27 bits per heavy atom. The van der Waals surface area contributed by atoms with Crippen molar-refractivity contribution in [2.24, 2.45) is 0 Å². The molecule has 6 nitrogen and oxygen atoms in total.